The molecule has 0 saturated carbocycles. The average Bonchev–Trinajstić information content (AvgIpc) is 2.53. The minimum absolute atomic E-state index is 0.378. The molecule has 0 radical (unpaired) electrons. The molecule has 22 heavy (non-hydrogen) atoms. The molecule has 0 fully saturated rings. The van der Waals surface area contributed by atoms with E-state index in [4.69, 9.17) is 4.74 Å². The number of hydrogen-bond donors (Lipinski definition) is 1. The van der Waals surface area contributed by atoms with Crippen molar-refractivity contribution in [3.63, 3.8) is 0 Å². The lowest BCUT2D eigenvalue weighted by Crippen LogP contribution is -2.27. The summed E-state index contributed by atoms with van der Waals surface area (Å²) in [4.78, 5) is 0. The van der Waals surface area contributed by atoms with Crippen LogP contribution in [0.25, 0.3) is 0 Å². The van der Waals surface area contributed by atoms with Gasteiger partial charge in [-0.2, -0.15) is 0 Å². The molecule has 0 amide bonds. The molecule has 1 atom stereocenters. The van der Waals surface area contributed by atoms with Crippen LogP contribution in [0.15, 0.2) is 42.5 Å². The van der Waals surface area contributed by atoms with Crippen LogP contribution in [-0.2, 0) is 6.54 Å². The van der Waals surface area contributed by atoms with Crippen LogP contribution in [0.2, 0.25) is 0 Å². The number of nitrogens with one attached hydrogen (secondary N) is 1. The Morgan fingerprint density at radius 1 is 1.14 bits per heavy atom. The zero-order valence-electron chi connectivity index (χ0n) is 13.7. The molecule has 3 rings (SSSR count). The number of rotatable bonds is 4. The van der Waals surface area contributed by atoms with Crippen LogP contribution in [0, 0.1) is 6.92 Å². The van der Waals surface area contributed by atoms with Gasteiger partial charge in [0.15, 0.2) is 0 Å². The summed E-state index contributed by atoms with van der Waals surface area (Å²) in [6, 6.07) is 15.8. The van der Waals surface area contributed by atoms with Gasteiger partial charge in [-0.15, -0.1) is 0 Å². The van der Waals surface area contributed by atoms with Crippen LogP contribution < -0.4 is 10.1 Å². The van der Waals surface area contributed by atoms with Crippen molar-refractivity contribution in [1.29, 1.82) is 0 Å². The predicted octanol–water partition coefficient (Wildman–Crippen LogP) is 4.73. The second-order valence-electron chi connectivity index (χ2n) is 6.51. The molecular formula is C20H25NO. The number of aryl methyl sites for hydroxylation is 1. The molecule has 0 spiro atoms. The molecule has 1 N–H and O–H groups in total. The minimum Gasteiger partial charge on any atom is -0.493 e. The molecule has 2 heteroatoms. The molecule has 0 aliphatic carbocycles. The SMILES string of the molecule is Cc1ccc(CNC2CCOc3ccc(C(C)C)cc32)cc1. The van der Waals surface area contributed by atoms with Gasteiger partial charge in [-0.05, 0) is 30.0 Å². The van der Waals surface area contributed by atoms with Crippen molar-refractivity contribution in [3.8, 4) is 5.75 Å². The Bertz CT molecular complexity index is 631. The van der Waals surface area contributed by atoms with Crippen LogP contribution in [-0.4, -0.2) is 6.61 Å². The summed E-state index contributed by atoms with van der Waals surface area (Å²) < 4.78 is 5.82. The lowest BCUT2D eigenvalue weighted by atomic mass is 9.94. The third-order valence-corrected chi connectivity index (χ3v) is 4.41. The lowest BCUT2D eigenvalue weighted by Gasteiger charge is -2.28. The monoisotopic (exact) mass is 295 g/mol. The van der Waals surface area contributed by atoms with Crippen molar-refractivity contribution in [2.24, 2.45) is 0 Å². The Labute approximate surface area is 133 Å². The van der Waals surface area contributed by atoms with Crippen molar-refractivity contribution in [2.45, 2.75) is 45.7 Å². The number of ether oxygens (including phenoxy) is 1. The van der Waals surface area contributed by atoms with E-state index >= 15 is 0 Å². The third-order valence-electron chi connectivity index (χ3n) is 4.41. The molecule has 1 aliphatic rings. The van der Waals surface area contributed by atoms with E-state index < -0.39 is 0 Å². The highest BCUT2D eigenvalue weighted by atomic mass is 16.5. The molecule has 116 valence electrons. The van der Waals surface area contributed by atoms with Gasteiger partial charge in [0.2, 0.25) is 0 Å². The summed E-state index contributed by atoms with van der Waals surface area (Å²) in [7, 11) is 0. The van der Waals surface area contributed by atoms with Crippen LogP contribution in [0.4, 0.5) is 0 Å². The maximum Gasteiger partial charge on any atom is 0.124 e. The summed E-state index contributed by atoms with van der Waals surface area (Å²) in [6.45, 7) is 8.29. The first-order valence-corrected chi connectivity index (χ1v) is 8.19. The van der Waals surface area contributed by atoms with Crippen molar-refractivity contribution in [3.05, 3.63) is 64.7 Å². The van der Waals surface area contributed by atoms with E-state index in [2.05, 4.69) is 68.6 Å². The summed E-state index contributed by atoms with van der Waals surface area (Å²) in [5.41, 5.74) is 5.33. The summed E-state index contributed by atoms with van der Waals surface area (Å²) in [6.07, 6.45) is 1.03. The lowest BCUT2D eigenvalue weighted by molar-refractivity contribution is 0.252. The van der Waals surface area contributed by atoms with E-state index in [9.17, 15) is 0 Å². The fourth-order valence-electron chi connectivity index (χ4n) is 2.93. The van der Waals surface area contributed by atoms with Gasteiger partial charge in [-0.1, -0.05) is 55.8 Å². The molecule has 2 nitrogen and oxygen atoms in total. The normalized spacial score (nSPS) is 17.2. The van der Waals surface area contributed by atoms with E-state index in [0.717, 1.165) is 25.3 Å². The van der Waals surface area contributed by atoms with Gasteiger partial charge in [0.25, 0.3) is 0 Å². The summed E-state index contributed by atoms with van der Waals surface area (Å²) >= 11 is 0. The van der Waals surface area contributed by atoms with Gasteiger partial charge >= 0.3 is 0 Å². The fourth-order valence-corrected chi connectivity index (χ4v) is 2.93. The quantitative estimate of drug-likeness (QED) is 0.880. The Hall–Kier alpha value is -1.80. The van der Waals surface area contributed by atoms with Crippen LogP contribution >= 0.6 is 0 Å². The molecule has 0 bridgehead atoms. The Balaban J connectivity index is 1.75. The number of hydrogen-bond acceptors (Lipinski definition) is 2. The molecule has 0 saturated heterocycles. The first-order chi connectivity index (χ1) is 10.6. The minimum atomic E-state index is 0.378. The zero-order valence-corrected chi connectivity index (χ0v) is 13.7. The zero-order chi connectivity index (χ0) is 15.5. The predicted molar refractivity (Wildman–Crippen MR) is 91.4 cm³/mol. The van der Waals surface area contributed by atoms with Gasteiger partial charge in [0, 0.05) is 24.6 Å². The Morgan fingerprint density at radius 2 is 1.91 bits per heavy atom. The first kappa shape index (κ1) is 15.1. The molecule has 2 aromatic carbocycles. The smallest absolute Gasteiger partial charge is 0.124 e. The van der Waals surface area contributed by atoms with Gasteiger partial charge < -0.3 is 10.1 Å². The van der Waals surface area contributed by atoms with E-state index in [1.54, 1.807) is 0 Å². The maximum atomic E-state index is 5.82. The highest BCUT2D eigenvalue weighted by Crippen LogP contribution is 2.34. The van der Waals surface area contributed by atoms with E-state index in [0.29, 0.717) is 12.0 Å². The van der Waals surface area contributed by atoms with E-state index in [1.807, 2.05) is 0 Å². The Kier molecular flexibility index (Phi) is 4.49. The van der Waals surface area contributed by atoms with Crippen LogP contribution in [0.3, 0.4) is 0 Å². The average molecular weight is 295 g/mol. The van der Waals surface area contributed by atoms with Gasteiger partial charge in [0.1, 0.15) is 5.75 Å². The van der Waals surface area contributed by atoms with Crippen molar-refractivity contribution in [1.82, 2.24) is 5.32 Å². The van der Waals surface area contributed by atoms with Gasteiger partial charge in [-0.3, -0.25) is 0 Å². The van der Waals surface area contributed by atoms with E-state index in [1.165, 1.54) is 22.3 Å². The fraction of sp³-hybridized carbons (Fsp3) is 0.400. The largest absolute Gasteiger partial charge is 0.493 e. The van der Waals surface area contributed by atoms with Gasteiger partial charge in [-0.25, -0.2) is 0 Å². The van der Waals surface area contributed by atoms with Crippen molar-refractivity contribution >= 4 is 0 Å². The molecule has 1 aliphatic heterocycles. The summed E-state index contributed by atoms with van der Waals surface area (Å²) in [5, 5.41) is 3.70. The van der Waals surface area contributed by atoms with Gasteiger partial charge in [0.05, 0.1) is 6.61 Å². The van der Waals surface area contributed by atoms with Crippen molar-refractivity contribution < 1.29 is 4.74 Å². The highest BCUT2D eigenvalue weighted by Gasteiger charge is 2.21. The molecule has 1 heterocycles. The van der Waals surface area contributed by atoms with Crippen molar-refractivity contribution in [2.75, 3.05) is 6.61 Å². The number of benzene rings is 2. The van der Waals surface area contributed by atoms with Crippen LogP contribution in [0.5, 0.6) is 5.75 Å². The second kappa shape index (κ2) is 6.53. The standard InChI is InChI=1S/C20H25NO/c1-14(2)17-8-9-20-18(12-17)19(10-11-22-20)21-13-16-6-4-15(3)5-7-16/h4-9,12,14,19,21H,10-11,13H2,1-3H3. The third kappa shape index (κ3) is 3.33. The maximum absolute atomic E-state index is 5.82. The van der Waals surface area contributed by atoms with E-state index in [-0.39, 0.29) is 0 Å². The summed E-state index contributed by atoms with van der Waals surface area (Å²) in [5.74, 6) is 1.59. The van der Waals surface area contributed by atoms with Crippen LogP contribution in [0.1, 0.15) is 54.5 Å². The second-order valence-corrected chi connectivity index (χ2v) is 6.51. The Morgan fingerprint density at radius 3 is 2.64 bits per heavy atom. The molecule has 1 unspecified atom stereocenters. The number of fused-ring (bicyclic) bond motifs is 1. The molecule has 0 aromatic heterocycles. The molecule has 2 aromatic rings. The highest BCUT2D eigenvalue weighted by molar-refractivity contribution is 5.41. The first-order valence-electron chi connectivity index (χ1n) is 8.19. The molecular weight excluding hydrogens is 270 g/mol. The topological polar surface area (TPSA) is 21.3 Å².